The number of nitrogens with zero attached hydrogens (tertiary/aromatic N) is 3. The van der Waals surface area contributed by atoms with Crippen LogP contribution in [0.4, 0.5) is 5.69 Å². The van der Waals surface area contributed by atoms with Gasteiger partial charge in [0.2, 0.25) is 5.78 Å². The predicted molar refractivity (Wildman–Crippen MR) is 74.5 cm³/mol. The summed E-state index contributed by atoms with van der Waals surface area (Å²) in [5, 5.41) is 20.0. The van der Waals surface area contributed by atoms with Gasteiger partial charge >= 0.3 is 0 Å². The minimum Gasteiger partial charge on any atom is -0.364 e. The summed E-state index contributed by atoms with van der Waals surface area (Å²) in [6, 6.07) is 2.77. The number of nitrogens with one attached hydrogen (secondary N) is 1. The number of hydrogen-bond donors (Lipinski definition) is 2. The monoisotopic (exact) mass is 339 g/mol. The molecule has 0 bridgehead atoms. The Balaban J connectivity index is 2.63. The van der Waals surface area contributed by atoms with E-state index >= 15 is 0 Å². The van der Waals surface area contributed by atoms with E-state index in [1.165, 1.54) is 0 Å². The summed E-state index contributed by atoms with van der Waals surface area (Å²) in [7, 11) is -3.70. The Morgan fingerprint density at radius 1 is 1.26 bits per heavy atom. The maximum atomic E-state index is 12.3. The number of sulfone groups is 1. The molecule has 2 aromatic rings. The lowest BCUT2D eigenvalue weighted by Crippen LogP contribution is -2.17. The Hall–Kier alpha value is -3.15. The molecule has 1 aromatic carbocycles. The molecule has 12 heteroatoms. The second-order valence-corrected chi connectivity index (χ2v) is 6.44. The maximum absolute atomic E-state index is 12.3. The van der Waals surface area contributed by atoms with Crippen molar-refractivity contribution < 1.29 is 22.9 Å². The molecule has 0 saturated carbocycles. The van der Waals surface area contributed by atoms with Crippen LogP contribution in [0.3, 0.4) is 0 Å². The third-order valence-corrected chi connectivity index (χ3v) is 3.95. The summed E-state index contributed by atoms with van der Waals surface area (Å²) in [5.74, 6) is -2.03. The van der Waals surface area contributed by atoms with Crippen LogP contribution in [0, 0.1) is 10.1 Å². The van der Waals surface area contributed by atoms with Gasteiger partial charge in [0.15, 0.2) is 21.2 Å². The van der Waals surface area contributed by atoms with Crippen molar-refractivity contribution in [3.63, 3.8) is 0 Å². The zero-order chi connectivity index (χ0) is 17.4. The van der Waals surface area contributed by atoms with E-state index < -0.39 is 49.1 Å². The number of nitro benzene ring substituents is 1. The molecule has 3 N–H and O–H groups in total. The number of aromatic nitrogens is 3. The number of H-pyrrole nitrogens is 1. The van der Waals surface area contributed by atoms with E-state index in [2.05, 4.69) is 10.2 Å². The third-order valence-electron chi connectivity index (χ3n) is 2.84. The highest BCUT2D eigenvalue weighted by Crippen LogP contribution is 2.25. The average Bonchev–Trinajstić information content (AvgIpc) is 2.94. The molecule has 0 radical (unpaired) electrons. The highest BCUT2D eigenvalue weighted by molar-refractivity contribution is 7.90. The summed E-state index contributed by atoms with van der Waals surface area (Å²) < 4.78 is 22.9. The quantitative estimate of drug-likeness (QED) is 0.413. The van der Waals surface area contributed by atoms with Gasteiger partial charge < -0.3 is 5.73 Å². The van der Waals surface area contributed by atoms with Crippen molar-refractivity contribution in [3.05, 3.63) is 45.3 Å². The van der Waals surface area contributed by atoms with Crippen molar-refractivity contribution in [3.8, 4) is 0 Å². The summed E-state index contributed by atoms with van der Waals surface area (Å²) >= 11 is 0. The fraction of sp³-hybridized carbons (Fsp3) is 0.0909. The number of hydrogen-bond acceptors (Lipinski definition) is 8. The zero-order valence-electron chi connectivity index (χ0n) is 11.5. The number of nitro groups is 1. The van der Waals surface area contributed by atoms with Crippen molar-refractivity contribution in [2.24, 2.45) is 5.73 Å². The third kappa shape index (κ3) is 3.06. The van der Waals surface area contributed by atoms with Crippen molar-refractivity contribution in [2.45, 2.75) is 4.90 Å². The van der Waals surface area contributed by atoms with Crippen molar-refractivity contribution in [2.75, 3.05) is 6.26 Å². The van der Waals surface area contributed by atoms with Crippen LogP contribution in [-0.4, -0.2) is 46.7 Å². The van der Waals surface area contributed by atoms with Gasteiger partial charge in [-0.25, -0.2) is 8.42 Å². The molecule has 0 saturated heterocycles. The molecule has 120 valence electrons. The van der Waals surface area contributed by atoms with Gasteiger partial charge in [-0.1, -0.05) is 0 Å². The van der Waals surface area contributed by atoms with E-state index in [0.29, 0.717) is 0 Å². The van der Waals surface area contributed by atoms with E-state index in [-0.39, 0.29) is 4.90 Å². The Labute approximate surface area is 128 Å². The van der Waals surface area contributed by atoms with Crippen LogP contribution in [0.15, 0.2) is 23.1 Å². The van der Waals surface area contributed by atoms with Crippen LogP contribution < -0.4 is 5.73 Å². The molecular weight excluding hydrogens is 330 g/mol. The first kappa shape index (κ1) is 16.2. The highest BCUT2D eigenvalue weighted by Gasteiger charge is 2.29. The lowest BCUT2D eigenvalue weighted by atomic mass is 10.0. The number of primary amides is 1. The molecule has 0 unspecified atom stereocenters. The minimum atomic E-state index is -3.70. The Kier molecular flexibility index (Phi) is 3.93. The number of carbonyl (C=O) groups excluding carboxylic acids is 2. The molecule has 0 spiro atoms. The molecule has 1 amide bonds. The van der Waals surface area contributed by atoms with Gasteiger partial charge in [-0.3, -0.25) is 19.7 Å². The van der Waals surface area contributed by atoms with E-state index in [9.17, 15) is 28.1 Å². The first-order chi connectivity index (χ1) is 10.6. The molecule has 0 aliphatic rings. The minimum absolute atomic E-state index is 0.323. The molecule has 1 aromatic heterocycles. The largest absolute Gasteiger partial charge is 0.364 e. The number of ketones is 1. The van der Waals surface area contributed by atoms with Gasteiger partial charge in [-0.15, -0.1) is 0 Å². The Bertz CT molecular complexity index is 932. The van der Waals surface area contributed by atoms with Gasteiger partial charge in [0.05, 0.1) is 9.82 Å². The van der Waals surface area contributed by atoms with Crippen LogP contribution in [0.1, 0.15) is 26.5 Å². The lowest BCUT2D eigenvalue weighted by Gasteiger charge is -2.03. The van der Waals surface area contributed by atoms with E-state index in [0.717, 1.165) is 24.5 Å². The molecule has 0 aliphatic carbocycles. The number of amides is 1. The van der Waals surface area contributed by atoms with E-state index in [1.54, 1.807) is 0 Å². The van der Waals surface area contributed by atoms with Crippen LogP contribution in [0.2, 0.25) is 0 Å². The molecular formula is C11H9N5O6S. The number of benzene rings is 1. The molecule has 1 heterocycles. The Morgan fingerprint density at radius 2 is 1.87 bits per heavy atom. The van der Waals surface area contributed by atoms with E-state index in [1.807, 2.05) is 5.21 Å². The van der Waals surface area contributed by atoms with Gasteiger partial charge in [0.1, 0.15) is 5.56 Å². The summed E-state index contributed by atoms with van der Waals surface area (Å²) in [5.41, 5.74) is 2.87. The van der Waals surface area contributed by atoms with Gasteiger partial charge in [-0.05, 0) is 12.1 Å². The topological polar surface area (TPSA) is 179 Å². The number of carbonyl (C=O) groups is 2. The first-order valence-electron chi connectivity index (χ1n) is 5.86. The Morgan fingerprint density at radius 3 is 2.39 bits per heavy atom. The van der Waals surface area contributed by atoms with Gasteiger partial charge in [-0.2, -0.15) is 15.4 Å². The lowest BCUT2D eigenvalue weighted by molar-refractivity contribution is -0.385. The second-order valence-electron chi connectivity index (χ2n) is 4.42. The van der Waals surface area contributed by atoms with Crippen molar-refractivity contribution in [1.29, 1.82) is 0 Å². The van der Waals surface area contributed by atoms with Crippen LogP contribution in [-0.2, 0) is 9.84 Å². The summed E-state index contributed by atoms with van der Waals surface area (Å²) in [6.07, 6.45) is 0.871. The molecule has 11 nitrogen and oxygen atoms in total. The summed E-state index contributed by atoms with van der Waals surface area (Å²) in [4.78, 5) is 33.4. The molecule has 0 aliphatic heterocycles. The predicted octanol–water partition coefficient (Wildman–Crippen LogP) is -0.554. The molecule has 0 atom stereocenters. The first-order valence-corrected chi connectivity index (χ1v) is 7.76. The van der Waals surface area contributed by atoms with Crippen LogP contribution in [0.5, 0.6) is 0 Å². The smallest absolute Gasteiger partial charge is 0.281 e. The highest BCUT2D eigenvalue weighted by atomic mass is 32.2. The average molecular weight is 339 g/mol. The molecule has 23 heavy (non-hydrogen) atoms. The SMILES string of the molecule is CS(=O)(=O)c1ccc(C(=O)c2n[nH]nc2C(N)=O)c([N+](=O)[O-])c1. The van der Waals surface area contributed by atoms with Crippen molar-refractivity contribution in [1.82, 2.24) is 15.4 Å². The van der Waals surface area contributed by atoms with Gasteiger partial charge in [0.25, 0.3) is 11.6 Å². The fourth-order valence-corrected chi connectivity index (χ4v) is 2.41. The normalized spacial score (nSPS) is 11.2. The van der Waals surface area contributed by atoms with E-state index in [4.69, 9.17) is 5.73 Å². The van der Waals surface area contributed by atoms with Gasteiger partial charge in [0, 0.05) is 12.3 Å². The van der Waals surface area contributed by atoms with Crippen LogP contribution >= 0.6 is 0 Å². The maximum Gasteiger partial charge on any atom is 0.281 e. The molecule has 0 fully saturated rings. The van der Waals surface area contributed by atoms with Crippen molar-refractivity contribution >= 4 is 27.2 Å². The number of rotatable bonds is 5. The zero-order valence-corrected chi connectivity index (χ0v) is 12.3. The second kappa shape index (κ2) is 5.57. The number of aromatic amines is 1. The summed E-state index contributed by atoms with van der Waals surface area (Å²) in [6.45, 7) is 0. The van der Waals surface area contributed by atoms with Crippen LogP contribution in [0.25, 0.3) is 0 Å². The molecule has 2 rings (SSSR count). The fourth-order valence-electron chi connectivity index (χ4n) is 1.77. The number of nitrogens with two attached hydrogens (primary N) is 1. The standard InChI is InChI=1S/C11H9N5O6S/c1-23(21,22)5-2-3-6(7(4-5)16(19)20)10(17)8-9(11(12)18)14-15-13-8/h2-4H,1H3,(H2,12,18)(H,13,14,15).